The van der Waals surface area contributed by atoms with Gasteiger partial charge in [-0.3, -0.25) is 4.90 Å². The van der Waals surface area contributed by atoms with Crippen LogP contribution in [0.25, 0.3) is 0 Å². The zero-order valence-electron chi connectivity index (χ0n) is 12.3. The zero-order valence-corrected chi connectivity index (χ0v) is 12.3. The van der Waals surface area contributed by atoms with Crippen molar-refractivity contribution in [2.24, 2.45) is 17.8 Å². The van der Waals surface area contributed by atoms with E-state index in [1.54, 1.807) is 12.8 Å². The first-order valence-corrected chi connectivity index (χ1v) is 8.87. The molecule has 3 saturated carbocycles. The van der Waals surface area contributed by atoms with E-state index in [2.05, 4.69) is 10.2 Å². The maximum Gasteiger partial charge on any atom is 0.0223 e. The van der Waals surface area contributed by atoms with Crippen LogP contribution in [0.1, 0.15) is 57.8 Å². The summed E-state index contributed by atoms with van der Waals surface area (Å²) in [6.07, 6.45) is 13.6. The third-order valence-electron chi connectivity index (χ3n) is 6.63. The Bertz CT molecular complexity index is 310. The van der Waals surface area contributed by atoms with Gasteiger partial charge in [-0.05, 0) is 49.9 Å². The molecule has 1 aliphatic heterocycles. The van der Waals surface area contributed by atoms with Crippen molar-refractivity contribution in [3.8, 4) is 0 Å². The fourth-order valence-electron chi connectivity index (χ4n) is 5.61. The second-order valence-electron chi connectivity index (χ2n) is 7.70. The van der Waals surface area contributed by atoms with Crippen molar-refractivity contribution < 1.29 is 0 Å². The van der Waals surface area contributed by atoms with Crippen LogP contribution >= 0.6 is 0 Å². The summed E-state index contributed by atoms with van der Waals surface area (Å²) in [7, 11) is 0. The lowest BCUT2D eigenvalue weighted by atomic mass is 9.82. The third-order valence-corrected chi connectivity index (χ3v) is 6.63. The summed E-state index contributed by atoms with van der Waals surface area (Å²) >= 11 is 0. The van der Waals surface area contributed by atoms with Crippen LogP contribution in [-0.4, -0.2) is 36.6 Å². The van der Waals surface area contributed by atoms with Crippen molar-refractivity contribution in [1.29, 1.82) is 0 Å². The Labute approximate surface area is 118 Å². The predicted octanol–water partition coefficient (Wildman–Crippen LogP) is 3.03. The molecule has 108 valence electrons. The molecule has 0 aromatic carbocycles. The molecule has 4 fully saturated rings. The van der Waals surface area contributed by atoms with E-state index in [9.17, 15) is 0 Å². The number of hydrogen-bond acceptors (Lipinski definition) is 2. The summed E-state index contributed by atoms with van der Waals surface area (Å²) in [5.74, 6) is 3.14. The van der Waals surface area contributed by atoms with E-state index in [0.717, 1.165) is 29.8 Å². The lowest BCUT2D eigenvalue weighted by molar-refractivity contribution is 0.0807. The first-order chi connectivity index (χ1) is 9.40. The van der Waals surface area contributed by atoms with E-state index in [1.807, 2.05) is 0 Å². The van der Waals surface area contributed by atoms with Crippen molar-refractivity contribution >= 4 is 0 Å². The van der Waals surface area contributed by atoms with E-state index < -0.39 is 0 Å². The standard InChI is InChI=1S/C17H30N2/c1-2-4-14(5-3-1)16-12-19(9-8-18-16)17-11-13-6-7-15(17)10-13/h13-18H,1-12H2. The lowest BCUT2D eigenvalue weighted by Crippen LogP contribution is -2.57. The topological polar surface area (TPSA) is 15.3 Å². The molecule has 4 rings (SSSR count). The van der Waals surface area contributed by atoms with Crippen molar-refractivity contribution in [2.75, 3.05) is 19.6 Å². The molecular formula is C17H30N2. The van der Waals surface area contributed by atoms with Gasteiger partial charge >= 0.3 is 0 Å². The van der Waals surface area contributed by atoms with Gasteiger partial charge in [0.25, 0.3) is 0 Å². The molecule has 19 heavy (non-hydrogen) atoms. The summed E-state index contributed by atoms with van der Waals surface area (Å²) < 4.78 is 0. The monoisotopic (exact) mass is 262 g/mol. The first-order valence-electron chi connectivity index (χ1n) is 8.87. The molecule has 4 atom stereocenters. The van der Waals surface area contributed by atoms with Crippen molar-refractivity contribution in [2.45, 2.75) is 69.9 Å². The minimum atomic E-state index is 0.813. The second kappa shape index (κ2) is 5.37. The Morgan fingerprint density at radius 3 is 2.47 bits per heavy atom. The molecule has 2 bridgehead atoms. The molecule has 0 spiro atoms. The van der Waals surface area contributed by atoms with Crippen LogP contribution in [0.3, 0.4) is 0 Å². The van der Waals surface area contributed by atoms with Gasteiger partial charge in [0, 0.05) is 31.7 Å². The van der Waals surface area contributed by atoms with E-state index in [-0.39, 0.29) is 0 Å². The average Bonchev–Trinajstić information content (AvgIpc) is 3.11. The van der Waals surface area contributed by atoms with Gasteiger partial charge in [-0.25, -0.2) is 0 Å². The molecule has 0 amide bonds. The largest absolute Gasteiger partial charge is 0.311 e. The minimum absolute atomic E-state index is 0.813. The van der Waals surface area contributed by atoms with Crippen molar-refractivity contribution in [1.82, 2.24) is 10.2 Å². The molecule has 0 aromatic heterocycles. The maximum absolute atomic E-state index is 3.84. The number of fused-ring (bicyclic) bond motifs is 2. The summed E-state index contributed by atoms with van der Waals surface area (Å²) in [4.78, 5) is 2.89. The number of nitrogens with one attached hydrogen (secondary N) is 1. The number of rotatable bonds is 2. The zero-order chi connectivity index (χ0) is 12.7. The normalized spacial score (nSPS) is 44.8. The van der Waals surface area contributed by atoms with E-state index in [4.69, 9.17) is 0 Å². The highest BCUT2D eigenvalue weighted by Gasteiger charge is 2.43. The summed E-state index contributed by atoms with van der Waals surface area (Å²) in [5.41, 5.74) is 0. The maximum atomic E-state index is 3.84. The van der Waals surface area contributed by atoms with E-state index >= 15 is 0 Å². The Morgan fingerprint density at radius 1 is 0.842 bits per heavy atom. The van der Waals surface area contributed by atoms with E-state index in [0.29, 0.717) is 0 Å². The summed E-state index contributed by atoms with van der Waals surface area (Å²) in [6, 6.07) is 1.78. The minimum Gasteiger partial charge on any atom is -0.311 e. The highest BCUT2D eigenvalue weighted by atomic mass is 15.2. The highest BCUT2D eigenvalue weighted by molar-refractivity contribution is 4.98. The SMILES string of the molecule is C1CCC(C2CN(C3CC4CCC3C4)CCN2)CC1. The number of nitrogens with zero attached hydrogens (tertiary/aromatic N) is 1. The van der Waals surface area contributed by atoms with Crippen molar-refractivity contribution in [3.63, 3.8) is 0 Å². The Balaban J connectivity index is 1.38. The van der Waals surface area contributed by atoms with Crippen LogP contribution in [0.5, 0.6) is 0 Å². The van der Waals surface area contributed by atoms with Gasteiger partial charge in [-0.15, -0.1) is 0 Å². The summed E-state index contributed by atoms with van der Waals surface area (Å²) in [5, 5.41) is 3.84. The highest BCUT2D eigenvalue weighted by Crippen LogP contribution is 2.47. The quantitative estimate of drug-likeness (QED) is 0.823. The van der Waals surface area contributed by atoms with Crippen molar-refractivity contribution in [3.05, 3.63) is 0 Å². The molecule has 3 aliphatic carbocycles. The fraction of sp³-hybridized carbons (Fsp3) is 1.00. The Hall–Kier alpha value is -0.0800. The van der Waals surface area contributed by atoms with Gasteiger partial charge in [0.15, 0.2) is 0 Å². The molecule has 4 unspecified atom stereocenters. The first kappa shape index (κ1) is 12.6. The van der Waals surface area contributed by atoms with Crippen LogP contribution < -0.4 is 5.32 Å². The number of hydrogen-bond donors (Lipinski definition) is 1. The smallest absolute Gasteiger partial charge is 0.0223 e. The van der Waals surface area contributed by atoms with Crippen LogP contribution in [0, 0.1) is 17.8 Å². The molecule has 4 aliphatic rings. The second-order valence-corrected chi connectivity index (χ2v) is 7.70. The number of piperazine rings is 1. The predicted molar refractivity (Wildman–Crippen MR) is 79.2 cm³/mol. The molecule has 2 heteroatoms. The van der Waals surface area contributed by atoms with Gasteiger partial charge in [0.1, 0.15) is 0 Å². The fourth-order valence-corrected chi connectivity index (χ4v) is 5.61. The Kier molecular flexibility index (Phi) is 3.57. The van der Waals surface area contributed by atoms with E-state index in [1.165, 1.54) is 64.6 Å². The molecule has 1 heterocycles. The van der Waals surface area contributed by atoms with Crippen LogP contribution in [0.15, 0.2) is 0 Å². The van der Waals surface area contributed by atoms with Gasteiger partial charge in [0.2, 0.25) is 0 Å². The molecule has 1 N–H and O–H groups in total. The van der Waals surface area contributed by atoms with Crippen LogP contribution in [0.4, 0.5) is 0 Å². The Morgan fingerprint density at radius 2 is 1.74 bits per heavy atom. The van der Waals surface area contributed by atoms with Gasteiger partial charge in [-0.2, -0.15) is 0 Å². The van der Waals surface area contributed by atoms with Gasteiger partial charge < -0.3 is 5.32 Å². The molecule has 0 aromatic rings. The van der Waals surface area contributed by atoms with Crippen LogP contribution in [-0.2, 0) is 0 Å². The van der Waals surface area contributed by atoms with Gasteiger partial charge in [0.05, 0.1) is 0 Å². The third kappa shape index (κ3) is 2.47. The molecular weight excluding hydrogens is 232 g/mol. The molecule has 1 saturated heterocycles. The van der Waals surface area contributed by atoms with Gasteiger partial charge in [-0.1, -0.05) is 25.7 Å². The summed E-state index contributed by atoms with van der Waals surface area (Å²) in [6.45, 7) is 3.92. The molecule has 2 nitrogen and oxygen atoms in total. The lowest BCUT2D eigenvalue weighted by Gasteiger charge is -2.43. The molecule has 0 radical (unpaired) electrons. The average molecular weight is 262 g/mol. The van der Waals surface area contributed by atoms with Crippen LogP contribution in [0.2, 0.25) is 0 Å².